The van der Waals surface area contributed by atoms with Gasteiger partial charge in [-0.3, -0.25) is 9.59 Å². The molecular formula is C19H30N2O3. The molecule has 0 saturated carbocycles. The highest BCUT2D eigenvalue weighted by molar-refractivity contribution is 5.95. The number of carbonyl (C=O) groups excluding carboxylic acids is 2. The van der Waals surface area contributed by atoms with Crippen LogP contribution in [0.15, 0.2) is 35.7 Å². The van der Waals surface area contributed by atoms with Crippen molar-refractivity contribution in [3.05, 3.63) is 35.7 Å². The Labute approximate surface area is 144 Å². The molecule has 0 aromatic carbocycles. The molecule has 24 heavy (non-hydrogen) atoms. The summed E-state index contributed by atoms with van der Waals surface area (Å²) in [6.07, 6.45) is 9.30. The molecule has 134 valence electrons. The number of hydrogen-bond donors (Lipinski definition) is 3. The Kier molecular flexibility index (Phi) is 8.65. The molecule has 0 aromatic rings. The van der Waals surface area contributed by atoms with Crippen LogP contribution < -0.4 is 11.1 Å². The van der Waals surface area contributed by atoms with Crippen molar-refractivity contribution >= 4 is 12.1 Å². The lowest BCUT2D eigenvalue weighted by atomic mass is 9.74. The predicted octanol–water partition coefficient (Wildman–Crippen LogP) is 2.08. The molecule has 0 radical (unpaired) electrons. The van der Waals surface area contributed by atoms with E-state index in [2.05, 4.69) is 31.0 Å². The third-order valence-electron chi connectivity index (χ3n) is 4.72. The first-order chi connectivity index (χ1) is 11.6. The van der Waals surface area contributed by atoms with Crippen LogP contribution >= 0.6 is 0 Å². The summed E-state index contributed by atoms with van der Waals surface area (Å²) < 4.78 is 0. The van der Waals surface area contributed by atoms with Crippen molar-refractivity contribution in [1.82, 2.24) is 5.32 Å². The van der Waals surface area contributed by atoms with Crippen LogP contribution in [-0.2, 0) is 9.59 Å². The first-order valence-electron chi connectivity index (χ1n) is 8.57. The highest BCUT2D eigenvalue weighted by Gasteiger charge is 2.29. The lowest BCUT2D eigenvalue weighted by Gasteiger charge is -2.32. The van der Waals surface area contributed by atoms with Gasteiger partial charge in [0.2, 0.25) is 0 Å². The van der Waals surface area contributed by atoms with Gasteiger partial charge in [0.15, 0.2) is 12.1 Å². The van der Waals surface area contributed by atoms with E-state index < -0.39 is 0 Å². The lowest BCUT2D eigenvalue weighted by Crippen LogP contribution is -2.30. The minimum Gasteiger partial charge on any atom is -0.400 e. The molecule has 0 aromatic heterocycles. The van der Waals surface area contributed by atoms with Crippen molar-refractivity contribution in [1.29, 1.82) is 0 Å². The molecule has 0 saturated heterocycles. The first kappa shape index (κ1) is 20.3. The lowest BCUT2D eigenvalue weighted by molar-refractivity contribution is -0.115. The maximum absolute atomic E-state index is 11.9. The normalized spacial score (nSPS) is 31.1. The van der Waals surface area contributed by atoms with E-state index in [1.165, 1.54) is 0 Å². The molecule has 1 heterocycles. The average molecular weight is 334 g/mol. The number of nitrogens with one attached hydrogen (secondary N) is 1. The summed E-state index contributed by atoms with van der Waals surface area (Å²) in [5.41, 5.74) is 7.86. The second-order valence-corrected chi connectivity index (χ2v) is 6.41. The molecule has 2 rings (SSSR count). The number of ketones is 1. The molecule has 2 aliphatic rings. The van der Waals surface area contributed by atoms with Crippen LogP contribution in [0.4, 0.5) is 0 Å². The highest BCUT2D eigenvalue weighted by atomic mass is 16.2. The molecule has 0 bridgehead atoms. The molecule has 3 atom stereocenters. The van der Waals surface area contributed by atoms with Gasteiger partial charge in [0.1, 0.15) is 0 Å². The Morgan fingerprint density at radius 3 is 2.62 bits per heavy atom. The maximum atomic E-state index is 11.9. The summed E-state index contributed by atoms with van der Waals surface area (Å²) in [5.74, 6) is 1.03. The zero-order valence-electron chi connectivity index (χ0n) is 14.8. The number of carbonyl (C=O) groups is 2. The Hall–Kier alpha value is -1.72. The van der Waals surface area contributed by atoms with Gasteiger partial charge >= 0.3 is 0 Å². The summed E-state index contributed by atoms with van der Waals surface area (Å²) in [4.78, 5) is 23.5. The van der Waals surface area contributed by atoms with Crippen molar-refractivity contribution in [2.75, 3.05) is 13.7 Å². The number of hydrogen-bond acceptors (Lipinski definition) is 5. The Balaban J connectivity index is 0.00000139. The van der Waals surface area contributed by atoms with Gasteiger partial charge in [0.25, 0.3) is 0 Å². The Bertz CT molecular complexity index is 523. The smallest absolute Gasteiger partial charge is 0.178 e. The third-order valence-corrected chi connectivity index (χ3v) is 4.72. The van der Waals surface area contributed by atoms with Gasteiger partial charge in [-0.2, -0.15) is 0 Å². The zero-order valence-corrected chi connectivity index (χ0v) is 14.8. The quantitative estimate of drug-likeness (QED) is 0.417. The van der Waals surface area contributed by atoms with E-state index in [-0.39, 0.29) is 11.7 Å². The fraction of sp³-hybridized carbons (Fsp3) is 0.579. The molecule has 0 fully saturated rings. The minimum atomic E-state index is -0.0104. The number of Topliss-reactive ketones (excluding diaryl/α,β-unsaturated/α-hetero) is 1. The molecule has 1 aliphatic carbocycles. The maximum Gasteiger partial charge on any atom is 0.178 e. The number of rotatable bonds is 3. The van der Waals surface area contributed by atoms with Gasteiger partial charge in [-0.05, 0) is 49.6 Å². The van der Waals surface area contributed by atoms with Crippen LogP contribution in [-0.4, -0.2) is 30.8 Å². The second-order valence-electron chi connectivity index (χ2n) is 6.41. The van der Waals surface area contributed by atoms with Crippen molar-refractivity contribution in [2.45, 2.75) is 39.0 Å². The number of allylic oxidation sites excluding steroid dienone is 5. The largest absolute Gasteiger partial charge is 0.400 e. The fourth-order valence-electron chi connectivity index (χ4n) is 3.46. The average Bonchev–Trinajstić information content (AvgIpc) is 2.67. The summed E-state index contributed by atoms with van der Waals surface area (Å²) >= 11 is 0. The first-order valence-corrected chi connectivity index (χ1v) is 8.57. The monoisotopic (exact) mass is 334 g/mol. The number of aliphatic hydroxyl groups is 1. The third kappa shape index (κ3) is 5.14. The molecule has 0 amide bonds. The SMILES string of the molecule is C=C1N/C(C=O)=C(/C2C=CC(C)CC2CN)CCCCC1=O.CO. The van der Waals surface area contributed by atoms with E-state index >= 15 is 0 Å². The van der Waals surface area contributed by atoms with Crippen LogP contribution in [0.3, 0.4) is 0 Å². The van der Waals surface area contributed by atoms with E-state index in [4.69, 9.17) is 10.8 Å². The van der Waals surface area contributed by atoms with E-state index in [1.807, 2.05) is 0 Å². The van der Waals surface area contributed by atoms with Crippen LogP contribution in [0.5, 0.6) is 0 Å². The summed E-state index contributed by atoms with van der Waals surface area (Å²) in [6, 6.07) is 0. The van der Waals surface area contributed by atoms with Crippen LogP contribution in [0.2, 0.25) is 0 Å². The molecule has 5 heteroatoms. The van der Waals surface area contributed by atoms with Crippen LogP contribution in [0.25, 0.3) is 0 Å². The molecule has 3 unspecified atom stereocenters. The topological polar surface area (TPSA) is 92.4 Å². The van der Waals surface area contributed by atoms with E-state index in [0.717, 1.165) is 44.7 Å². The highest BCUT2D eigenvalue weighted by Crippen LogP contribution is 2.36. The molecule has 5 nitrogen and oxygen atoms in total. The van der Waals surface area contributed by atoms with Gasteiger partial charge < -0.3 is 16.2 Å². The standard InChI is InChI=1S/C18H26N2O2.CH4O/c1-12-7-8-15(14(9-12)10-19)16-5-3-4-6-18(22)13(2)20-17(16)11-21;1-2/h7-8,11-12,14-15,20H,2-6,9-10,19H2,1H3;2H,1H3/b17-16+;. The Morgan fingerprint density at radius 2 is 2.00 bits per heavy atom. The molecule has 4 N–H and O–H groups in total. The molecular weight excluding hydrogens is 304 g/mol. The van der Waals surface area contributed by atoms with Crippen molar-refractivity contribution < 1.29 is 14.7 Å². The van der Waals surface area contributed by atoms with Gasteiger partial charge in [0, 0.05) is 19.4 Å². The van der Waals surface area contributed by atoms with Crippen molar-refractivity contribution in [2.24, 2.45) is 23.5 Å². The fourth-order valence-corrected chi connectivity index (χ4v) is 3.46. The van der Waals surface area contributed by atoms with Crippen LogP contribution in [0, 0.1) is 17.8 Å². The molecule has 1 aliphatic heterocycles. The van der Waals surface area contributed by atoms with Crippen molar-refractivity contribution in [3.8, 4) is 0 Å². The summed E-state index contributed by atoms with van der Waals surface area (Å²) in [6.45, 7) is 6.56. The van der Waals surface area contributed by atoms with E-state index in [0.29, 0.717) is 36.2 Å². The van der Waals surface area contributed by atoms with E-state index in [9.17, 15) is 9.59 Å². The van der Waals surface area contributed by atoms with Crippen molar-refractivity contribution in [3.63, 3.8) is 0 Å². The van der Waals surface area contributed by atoms with Gasteiger partial charge in [-0.25, -0.2) is 0 Å². The number of aliphatic hydroxyl groups excluding tert-OH is 1. The summed E-state index contributed by atoms with van der Waals surface area (Å²) in [7, 11) is 1.00. The predicted molar refractivity (Wildman–Crippen MR) is 95.9 cm³/mol. The van der Waals surface area contributed by atoms with Crippen LogP contribution in [0.1, 0.15) is 39.0 Å². The molecule has 0 spiro atoms. The number of nitrogens with two attached hydrogens (primary N) is 1. The zero-order chi connectivity index (χ0) is 18.1. The number of aldehydes is 1. The second kappa shape index (κ2) is 10.2. The van der Waals surface area contributed by atoms with E-state index in [1.54, 1.807) is 0 Å². The minimum absolute atomic E-state index is 0.0104. The van der Waals surface area contributed by atoms with Gasteiger partial charge in [0.05, 0.1) is 11.4 Å². The summed E-state index contributed by atoms with van der Waals surface area (Å²) in [5, 5.41) is 9.95. The Morgan fingerprint density at radius 1 is 1.33 bits per heavy atom. The van der Waals surface area contributed by atoms with Gasteiger partial charge in [-0.15, -0.1) is 0 Å². The van der Waals surface area contributed by atoms with Gasteiger partial charge in [-0.1, -0.05) is 25.7 Å².